The van der Waals surface area contributed by atoms with E-state index in [0.717, 1.165) is 0 Å². The molecule has 1 aromatic heterocycles. The van der Waals surface area contributed by atoms with Crippen molar-refractivity contribution in [3.8, 4) is 0 Å². The molecule has 0 amide bonds. The standard InChI is InChI=1S/C12H19ClN2O2/c1-8(2)15-11(9(13)6-14-15)10(16)7-17-12(3,4)5/h6,8H,7H2,1-5H3. The largest absolute Gasteiger partial charge is 0.368 e. The van der Waals surface area contributed by atoms with Gasteiger partial charge in [0.1, 0.15) is 12.3 Å². The van der Waals surface area contributed by atoms with E-state index < -0.39 is 0 Å². The zero-order chi connectivity index (χ0) is 13.2. The van der Waals surface area contributed by atoms with Gasteiger partial charge in [-0.25, -0.2) is 0 Å². The molecule has 96 valence electrons. The average Bonchev–Trinajstić information content (AvgIpc) is 2.55. The molecular formula is C12H19ClN2O2. The van der Waals surface area contributed by atoms with Crippen LogP contribution in [-0.2, 0) is 4.74 Å². The lowest BCUT2D eigenvalue weighted by molar-refractivity contribution is 0.00261. The van der Waals surface area contributed by atoms with Crippen LogP contribution in [0.5, 0.6) is 0 Å². The molecule has 0 unspecified atom stereocenters. The molecule has 0 saturated carbocycles. The van der Waals surface area contributed by atoms with Gasteiger partial charge in [-0.05, 0) is 34.6 Å². The van der Waals surface area contributed by atoms with E-state index >= 15 is 0 Å². The molecule has 0 atom stereocenters. The monoisotopic (exact) mass is 258 g/mol. The van der Waals surface area contributed by atoms with Gasteiger partial charge in [-0.1, -0.05) is 11.6 Å². The van der Waals surface area contributed by atoms with E-state index in [1.54, 1.807) is 4.68 Å². The summed E-state index contributed by atoms with van der Waals surface area (Å²) in [5, 5.41) is 4.47. The van der Waals surface area contributed by atoms with Gasteiger partial charge < -0.3 is 4.74 Å². The molecule has 0 saturated heterocycles. The minimum absolute atomic E-state index is 0.0155. The second kappa shape index (κ2) is 5.19. The third-order valence-electron chi connectivity index (χ3n) is 2.14. The van der Waals surface area contributed by atoms with Crippen LogP contribution < -0.4 is 0 Å². The van der Waals surface area contributed by atoms with Crippen molar-refractivity contribution in [1.29, 1.82) is 0 Å². The Balaban J connectivity index is 2.85. The Bertz CT molecular complexity index is 405. The zero-order valence-electron chi connectivity index (χ0n) is 11.0. The number of ketones is 1. The number of carbonyl (C=O) groups excluding carboxylic acids is 1. The first kappa shape index (κ1) is 14.2. The van der Waals surface area contributed by atoms with Crippen molar-refractivity contribution in [3.63, 3.8) is 0 Å². The molecule has 1 rings (SSSR count). The Morgan fingerprint density at radius 3 is 2.59 bits per heavy atom. The van der Waals surface area contributed by atoms with Gasteiger partial charge in [0.25, 0.3) is 0 Å². The van der Waals surface area contributed by atoms with Crippen molar-refractivity contribution in [2.24, 2.45) is 0 Å². The zero-order valence-corrected chi connectivity index (χ0v) is 11.7. The fourth-order valence-corrected chi connectivity index (χ4v) is 1.58. The number of Topliss-reactive ketones (excluding diaryl/α,β-unsaturated/α-hetero) is 1. The van der Waals surface area contributed by atoms with Gasteiger partial charge in [-0.15, -0.1) is 0 Å². The van der Waals surface area contributed by atoms with Crippen molar-refractivity contribution in [3.05, 3.63) is 16.9 Å². The van der Waals surface area contributed by atoms with Gasteiger partial charge in [0.2, 0.25) is 5.78 Å². The van der Waals surface area contributed by atoms with Gasteiger partial charge in [0.05, 0.1) is 16.8 Å². The first-order valence-electron chi connectivity index (χ1n) is 5.62. The molecule has 0 N–H and O–H groups in total. The van der Waals surface area contributed by atoms with Crippen molar-refractivity contribution in [2.45, 2.75) is 46.3 Å². The van der Waals surface area contributed by atoms with Gasteiger partial charge in [0.15, 0.2) is 0 Å². The SMILES string of the molecule is CC(C)n1ncc(Cl)c1C(=O)COC(C)(C)C. The lowest BCUT2D eigenvalue weighted by atomic mass is 10.2. The highest BCUT2D eigenvalue weighted by Gasteiger charge is 2.21. The summed E-state index contributed by atoms with van der Waals surface area (Å²) in [6, 6.07) is 0.0936. The maximum Gasteiger partial charge on any atom is 0.207 e. The summed E-state index contributed by atoms with van der Waals surface area (Å²) in [6.45, 7) is 9.63. The van der Waals surface area contributed by atoms with Crippen LogP contribution >= 0.6 is 11.6 Å². The molecule has 1 heterocycles. The average molecular weight is 259 g/mol. The van der Waals surface area contributed by atoms with Crippen molar-refractivity contribution >= 4 is 17.4 Å². The van der Waals surface area contributed by atoms with Crippen LogP contribution in [0.4, 0.5) is 0 Å². The molecular weight excluding hydrogens is 240 g/mol. The highest BCUT2D eigenvalue weighted by molar-refractivity contribution is 6.33. The Morgan fingerprint density at radius 1 is 1.53 bits per heavy atom. The van der Waals surface area contributed by atoms with E-state index in [0.29, 0.717) is 10.7 Å². The van der Waals surface area contributed by atoms with Crippen LogP contribution in [0, 0.1) is 0 Å². The van der Waals surface area contributed by atoms with Crippen LogP contribution in [0.15, 0.2) is 6.20 Å². The van der Waals surface area contributed by atoms with Gasteiger partial charge in [0, 0.05) is 6.04 Å². The summed E-state index contributed by atoms with van der Waals surface area (Å²) in [5.74, 6) is -0.142. The molecule has 0 aliphatic rings. The van der Waals surface area contributed by atoms with Crippen LogP contribution in [0.2, 0.25) is 5.02 Å². The first-order valence-corrected chi connectivity index (χ1v) is 6.00. The Labute approximate surface area is 107 Å². The fourth-order valence-electron chi connectivity index (χ4n) is 1.34. The molecule has 0 radical (unpaired) electrons. The normalized spacial score (nSPS) is 12.2. The third-order valence-corrected chi connectivity index (χ3v) is 2.42. The molecule has 0 aliphatic carbocycles. The van der Waals surface area contributed by atoms with Crippen LogP contribution in [-0.4, -0.2) is 27.8 Å². The maximum absolute atomic E-state index is 12.0. The summed E-state index contributed by atoms with van der Waals surface area (Å²) in [6.07, 6.45) is 1.49. The van der Waals surface area contributed by atoms with E-state index in [2.05, 4.69) is 5.10 Å². The number of ether oxygens (including phenoxy) is 1. The predicted molar refractivity (Wildman–Crippen MR) is 67.7 cm³/mol. The number of nitrogens with zero attached hydrogens (tertiary/aromatic N) is 2. The summed E-state index contributed by atoms with van der Waals surface area (Å²) < 4.78 is 7.08. The molecule has 1 aromatic rings. The number of hydrogen-bond acceptors (Lipinski definition) is 3. The molecule has 4 nitrogen and oxygen atoms in total. The van der Waals surface area contributed by atoms with E-state index in [4.69, 9.17) is 16.3 Å². The molecule has 0 bridgehead atoms. The second-order valence-corrected chi connectivity index (χ2v) is 5.61. The number of rotatable bonds is 4. The minimum atomic E-state index is -0.342. The van der Waals surface area contributed by atoms with E-state index in [1.807, 2.05) is 34.6 Å². The topological polar surface area (TPSA) is 44.1 Å². The van der Waals surface area contributed by atoms with Crippen molar-refractivity contribution < 1.29 is 9.53 Å². The smallest absolute Gasteiger partial charge is 0.207 e. The van der Waals surface area contributed by atoms with Crippen LogP contribution in [0.1, 0.15) is 51.1 Å². The van der Waals surface area contributed by atoms with Crippen molar-refractivity contribution in [2.75, 3.05) is 6.61 Å². The molecule has 0 spiro atoms. The highest BCUT2D eigenvalue weighted by atomic mass is 35.5. The summed E-state index contributed by atoms with van der Waals surface area (Å²) in [7, 11) is 0. The second-order valence-electron chi connectivity index (χ2n) is 5.20. The van der Waals surface area contributed by atoms with Crippen LogP contribution in [0.3, 0.4) is 0 Å². The summed E-state index contributed by atoms with van der Waals surface area (Å²) in [5.41, 5.74) is 0.0797. The lowest BCUT2D eigenvalue weighted by Crippen LogP contribution is -2.25. The third kappa shape index (κ3) is 3.82. The quantitative estimate of drug-likeness (QED) is 0.780. The Hall–Kier alpha value is -0.870. The van der Waals surface area contributed by atoms with Crippen LogP contribution in [0.25, 0.3) is 0 Å². The number of halogens is 1. The lowest BCUT2D eigenvalue weighted by Gasteiger charge is -2.19. The highest BCUT2D eigenvalue weighted by Crippen LogP contribution is 2.20. The van der Waals surface area contributed by atoms with E-state index in [-0.39, 0.29) is 24.0 Å². The minimum Gasteiger partial charge on any atom is -0.368 e. The molecule has 0 fully saturated rings. The van der Waals surface area contributed by atoms with Gasteiger partial charge >= 0.3 is 0 Å². The van der Waals surface area contributed by atoms with Crippen molar-refractivity contribution in [1.82, 2.24) is 9.78 Å². The summed E-state index contributed by atoms with van der Waals surface area (Å²) in [4.78, 5) is 12.0. The molecule has 17 heavy (non-hydrogen) atoms. The maximum atomic E-state index is 12.0. The van der Waals surface area contributed by atoms with E-state index in [1.165, 1.54) is 6.20 Å². The fraction of sp³-hybridized carbons (Fsp3) is 0.667. The number of aromatic nitrogens is 2. The number of hydrogen-bond donors (Lipinski definition) is 0. The Kier molecular flexibility index (Phi) is 4.33. The van der Waals surface area contributed by atoms with E-state index in [9.17, 15) is 4.79 Å². The number of carbonyl (C=O) groups is 1. The first-order chi connectivity index (χ1) is 7.72. The predicted octanol–water partition coefficient (Wildman–Crippen LogP) is 3.12. The molecule has 5 heteroatoms. The molecule has 0 aliphatic heterocycles. The van der Waals surface area contributed by atoms with Gasteiger partial charge in [-0.2, -0.15) is 5.10 Å². The Morgan fingerprint density at radius 2 is 2.12 bits per heavy atom. The summed E-state index contributed by atoms with van der Waals surface area (Å²) >= 11 is 5.97. The van der Waals surface area contributed by atoms with Gasteiger partial charge in [-0.3, -0.25) is 9.48 Å². The molecule has 0 aromatic carbocycles.